The zero-order valence-electron chi connectivity index (χ0n) is 11.7. The highest BCUT2D eigenvalue weighted by Crippen LogP contribution is 2.11. The van der Waals surface area contributed by atoms with Crippen molar-refractivity contribution in [2.45, 2.75) is 13.0 Å². The van der Waals surface area contributed by atoms with E-state index in [0.717, 1.165) is 31.1 Å². The van der Waals surface area contributed by atoms with Gasteiger partial charge in [0.1, 0.15) is 18.7 Å². The van der Waals surface area contributed by atoms with Gasteiger partial charge < -0.3 is 10.1 Å². The predicted octanol–water partition coefficient (Wildman–Crippen LogP) is 1.71. The molecule has 0 saturated carbocycles. The summed E-state index contributed by atoms with van der Waals surface area (Å²) >= 11 is 0. The van der Waals surface area contributed by atoms with Crippen molar-refractivity contribution in [2.24, 2.45) is 7.05 Å². The molecular weight excluding hydrogens is 252 g/mol. The number of nitrogens with zero attached hydrogens (tertiary/aromatic N) is 3. The summed E-state index contributed by atoms with van der Waals surface area (Å²) in [6, 6.07) is 8.07. The summed E-state index contributed by atoms with van der Waals surface area (Å²) in [6.07, 6.45) is 4.29. The largest absolute Gasteiger partial charge is 0.490 e. The molecule has 0 aliphatic rings. The minimum atomic E-state index is 0.536. The lowest BCUT2D eigenvalue weighted by atomic mass is 10.2. The molecule has 0 bridgehead atoms. The highest BCUT2D eigenvalue weighted by atomic mass is 16.5. The Hall–Kier alpha value is -2.14. The van der Waals surface area contributed by atoms with Crippen molar-refractivity contribution >= 4 is 0 Å². The average Bonchev–Trinajstić information content (AvgIpc) is 2.88. The lowest BCUT2D eigenvalue weighted by Gasteiger charge is -2.06. The van der Waals surface area contributed by atoms with E-state index >= 15 is 0 Å². The average molecular weight is 272 g/mol. The van der Waals surface area contributed by atoms with Gasteiger partial charge in [-0.05, 0) is 17.7 Å². The third-order valence-electron chi connectivity index (χ3n) is 2.79. The van der Waals surface area contributed by atoms with Gasteiger partial charge in [-0.1, -0.05) is 24.8 Å². The molecule has 0 aliphatic heterocycles. The van der Waals surface area contributed by atoms with E-state index in [4.69, 9.17) is 4.74 Å². The van der Waals surface area contributed by atoms with E-state index in [1.807, 2.05) is 19.2 Å². The topological polar surface area (TPSA) is 52.0 Å². The second-order valence-corrected chi connectivity index (χ2v) is 4.50. The quantitative estimate of drug-likeness (QED) is 0.587. The minimum Gasteiger partial charge on any atom is -0.490 e. The van der Waals surface area contributed by atoms with Crippen molar-refractivity contribution in [3.63, 3.8) is 0 Å². The van der Waals surface area contributed by atoms with E-state index in [2.05, 4.69) is 34.1 Å². The number of aryl methyl sites for hydroxylation is 1. The van der Waals surface area contributed by atoms with E-state index in [9.17, 15) is 0 Å². The number of nitrogens with one attached hydrogen (secondary N) is 1. The van der Waals surface area contributed by atoms with Gasteiger partial charge in [-0.2, -0.15) is 5.10 Å². The highest BCUT2D eigenvalue weighted by molar-refractivity contribution is 5.27. The molecule has 1 heterocycles. The van der Waals surface area contributed by atoms with E-state index in [0.29, 0.717) is 6.61 Å². The fourth-order valence-corrected chi connectivity index (χ4v) is 1.79. The molecule has 20 heavy (non-hydrogen) atoms. The highest BCUT2D eigenvalue weighted by Gasteiger charge is 1.99. The second kappa shape index (κ2) is 7.45. The van der Waals surface area contributed by atoms with Gasteiger partial charge in [-0.25, -0.2) is 4.98 Å². The van der Waals surface area contributed by atoms with Crippen LogP contribution in [-0.2, 0) is 20.0 Å². The monoisotopic (exact) mass is 272 g/mol. The first-order valence-corrected chi connectivity index (χ1v) is 6.66. The fraction of sp³-hybridized carbons (Fsp3) is 0.333. The molecule has 5 heteroatoms. The maximum Gasteiger partial charge on any atom is 0.151 e. The molecule has 0 saturated heterocycles. The van der Waals surface area contributed by atoms with Gasteiger partial charge in [0.25, 0.3) is 0 Å². The van der Waals surface area contributed by atoms with Crippen LogP contribution in [0.25, 0.3) is 0 Å². The first-order chi connectivity index (χ1) is 9.78. The Labute approximate surface area is 119 Å². The molecule has 0 amide bonds. The zero-order chi connectivity index (χ0) is 14.2. The van der Waals surface area contributed by atoms with Crippen LogP contribution < -0.4 is 10.1 Å². The van der Waals surface area contributed by atoms with Crippen LogP contribution in [-0.4, -0.2) is 27.9 Å². The van der Waals surface area contributed by atoms with Crippen molar-refractivity contribution < 1.29 is 4.74 Å². The summed E-state index contributed by atoms with van der Waals surface area (Å²) in [5.74, 6) is 1.74. The molecule has 0 fully saturated rings. The lowest BCUT2D eigenvalue weighted by Crippen LogP contribution is -2.17. The van der Waals surface area contributed by atoms with Gasteiger partial charge in [0, 0.05) is 26.6 Å². The first-order valence-electron chi connectivity index (χ1n) is 6.66. The maximum absolute atomic E-state index is 5.44. The Morgan fingerprint density at radius 3 is 2.80 bits per heavy atom. The van der Waals surface area contributed by atoms with E-state index in [1.54, 1.807) is 17.1 Å². The normalized spacial score (nSPS) is 10.4. The zero-order valence-corrected chi connectivity index (χ0v) is 11.7. The van der Waals surface area contributed by atoms with Crippen molar-refractivity contribution in [3.8, 4) is 5.75 Å². The van der Waals surface area contributed by atoms with Gasteiger partial charge in [-0.15, -0.1) is 0 Å². The van der Waals surface area contributed by atoms with Gasteiger partial charge in [-0.3, -0.25) is 4.68 Å². The van der Waals surface area contributed by atoms with Crippen LogP contribution in [0.3, 0.4) is 0 Å². The maximum atomic E-state index is 5.44. The summed E-state index contributed by atoms with van der Waals surface area (Å²) in [4.78, 5) is 4.19. The summed E-state index contributed by atoms with van der Waals surface area (Å²) in [5, 5.41) is 7.61. The lowest BCUT2D eigenvalue weighted by molar-refractivity contribution is 0.363. The van der Waals surface area contributed by atoms with Gasteiger partial charge in [0.15, 0.2) is 5.82 Å². The van der Waals surface area contributed by atoms with Crippen LogP contribution in [0.5, 0.6) is 5.75 Å². The number of aromatic nitrogens is 3. The Morgan fingerprint density at radius 2 is 2.15 bits per heavy atom. The van der Waals surface area contributed by atoms with Gasteiger partial charge in [0.05, 0.1) is 0 Å². The Bertz CT molecular complexity index is 533. The number of ether oxygens (including phenoxy) is 1. The number of hydrogen-bond acceptors (Lipinski definition) is 4. The van der Waals surface area contributed by atoms with E-state index < -0.39 is 0 Å². The van der Waals surface area contributed by atoms with Crippen molar-refractivity contribution in [1.82, 2.24) is 20.1 Å². The molecule has 0 radical (unpaired) electrons. The molecule has 0 atom stereocenters. The molecule has 106 valence electrons. The third kappa shape index (κ3) is 4.51. The molecule has 0 aliphatic carbocycles. The Kier molecular flexibility index (Phi) is 5.32. The fourth-order valence-electron chi connectivity index (χ4n) is 1.79. The molecule has 1 aromatic carbocycles. The summed E-state index contributed by atoms with van der Waals surface area (Å²) < 4.78 is 7.16. The van der Waals surface area contributed by atoms with Crippen LogP contribution >= 0.6 is 0 Å². The van der Waals surface area contributed by atoms with Gasteiger partial charge >= 0.3 is 0 Å². The molecule has 2 aromatic rings. The van der Waals surface area contributed by atoms with Crippen LogP contribution in [0.2, 0.25) is 0 Å². The third-order valence-corrected chi connectivity index (χ3v) is 2.79. The van der Waals surface area contributed by atoms with Crippen molar-refractivity contribution in [3.05, 3.63) is 54.6 Å². The summed E-state index contributed by atoms with van der Waals surface area (Å²) in [7, 11) is 1.87. The van der Waals surface area contributed by atoms with Crippen LogP contribution in [0.4, 0.5) is 0 Å². The minimum absolute atomic E-state index is 0.536. The smallest absolute Gasteiger partial charge is 0.151 e. The first kappa shape index (κ1) is 14.3. The standard InChI is InChI=1S/C15H20N4O/c1-3-10-20-14-6-4-13(5-7-14)11-16-9-8-15-17-12-19(2)18-15/h3-7,12,16H,1,8-11H2,2H3. The Balaban J connectivity index is 1.69. The van der Waals surface area contributed by atoms with Crippen LogP contribution in [0.1, 0.15) is 11.4 Å². The Morgan fingerprint density at radius 1 is 1.35 bits per heavy atom. The number of rotatable bonds is 8. The number of hydrogen-bond donors (Lipinski definition) is 1. The summed E-state index contributed by atoms with van der Waals surface area (Å²) in [6.45, 7) is 5.85. The van der Waals surface area contributed by atoms with Crippen LogP contribution in [0.15, 0.2) is 43.2 Å². The predicted molar refractivity (Wildman–Crippen MR) is 78.5 cm³/mol. The number of benzene rings is 1. The SMILES string of the molecule is C=CCOc1ccc(CNCCc2ncn(C)n2)cc1. The molecule has 1 aromatic heterocycles. The molecular formula is C15H20N4O. The molecule has 2 rings (SSSR count). The van der Waals surface area contributed by atoms with E-state index in [1.165, 1.54) is 5.56 Å². The molecule has 0 unspecified atom stereocenters. The molecule has 5 nitrogen and oxygen atoms in total. The molecule has 1 N–H and O–H groups in total. The second-order valence-electron chi connectivity index (χ2n) is 4.50. The van der Waals surface area contributed by atoms with Crippen LogP contribution in [0, 0.1) is 0 Å². The summed E-state index contributed by atoms with van der Waals surface area (Å²) in [5.41, 5.74) is 1.23. The van der Waals surface area contributed by atoms with Crippen molar-refractivity contribution in [1.29, 1.82) is 0 Å². The van der Waals surface area contributed by atoms with Gasteiger partial charge in [0.2, 0.25) is 0 Å². The van der Waals surface area contributed by atoms with E-state index in [-0.39, 0.29) is 0 Å². The van der Waals surface area contributed by atoms with Crippen molar-refractivity contribution in [2.75, 3.05) is 13.2 Å². The molecule has 0 spiro atoms.